The van der Waals surface area contributed by atoms with E-state index >= 15 is 0 Å². The van der Waals surface area contributed by atoms with Gasteiger partial charge in [-0.25, -0.2) is 4.57 Å². The molecule has 1 atom stereocenters. The van der Waals surface area contributed by atoms with Gasteiger partial charge in [0.05, 0.1) is 19.8 Å². The maximum Gasteiger partial charge on any atom is 0.511 e. The van der Waals surface area contributed by atoms with Crippen LogP contribution in [0.25, 0.3) is 10.8 Å². The first kappa shape index (κ1) is 27.8. The Morgan fingerprint density at radius 2 is 1.33 bits per heavy atom. The van der Waals surface area contributed by atoms with E-state index in [0.29, 0.717) is 25.6 Å². The van der Waals surface area contributed by atoms with E-state index in [1.807, 2.05) is 43.3 Å². The summed E-state index contributed by atoms with van der Waals surface area (Å²) < 4.78 is 34.6. The van der Waals surface area contributed by atoms with Gasteiger partial charge in [0.2, 0.25) is 0 Å². The quantitative estimate of drug-likeness (QED) is 0.0823. The molecular weight excluding hydrogens is 439 g/mol. The Morgan fingerprint density at radius 3 is 2.06 bits per heavy atom. The molecule has 33 heavy (non-hydrogen) atoms. The van der Waals surface area contributed by atoms with Crippen LogP contribution < -0.4 is 4.89 Å². The fourth-order valence-corrected chi connectivity index (χ4v) is 4.54. The molecule has 0 aliphatic carbocycles. The van der Waals surface area contributed by atoms with Crippen LogP contribution in [0.1, 0.15) is 78.1 Å². The van der Waals surface area contributed by atoms with E-state index in [4.69, 9.17) is 23.3 Å². The van der Waals surface area contributed by atoms with Crippen molar-refractivity contribution in [3.8, 4) is 5.75 Å². The number of unbranched alkanes of at least 4 members (excludes halogenated alkanes) is 9. The smallest absolute Gasteiger partial charge is 0.379 e. The molecule has 0 saturated heterocycles. The van der Waals surface area contributed by atoms with Crippen molar-refractivity contribution in [2.45, 2.75) is 78.1 Å². The molecule has 0 radical (unpaired) electrons. The molecule has 0 aliphatic heterocycles. The number of phosphoric ester groups is 1. The molecule has 186 valence electrons. The fourth-order valence-electron chi connectivity index (χ4n) is 3.55. The summed E-state index contributed by atoms with van der Waals surface area (Å²) >= 11 is 0. The lowest BCUT2D eigenvalue weighted by molar-refractivity contribution is -0.132. The van der Waals surface area contributed by atoms with Crippen LogP contribution >= 0.6 is 7.82 Å². The molecule has 0 N–H and O–H groups in total. The van der Waals surface area contributed by atoms with Crippen LogP contribution in [0.2, 0.25) is 0 Å². The summed E-state index contributed by atoms with van der Waals surface area (Å²) in [6.45, 7) is 5.39. The SMILES string of the molecule is CCCCCCCCCCCCOP(=O)(OCCOCC)OOc1cccc2ccccc12. The first-order valence-electron chi connectivity index (χ1n) is 12.5. The van der Waals surface area contributed by atoms with Crippen molar-refractivity contribution >= 4 is 18.6 Å². The third-order valence-electron chi connectivity index (χ3n) is 5.40. The molecule has 2 aromatic rings. The molecule has 6 nitrogen and oxygen atoms in total. The maximum absolute atomic E-state index is 13.1. The monoisotopic (exact) mass is 480 g/mol. The van der Waals surface area contributed by atoms with Gasteiger partial charge in [-0.1, -0.05) is 106 Å². The third kappa shape index (κ3) is 11.5. The summed E-state index contributed by atoms with van der Waals surface area (Å²) in [7, 11) is -3.88. The van der Waals surface area contributed by atoms with Crippen molar-refractivity contribution in [2.75, 3.05) is 26.4 Å². The van der Waals surface area contributed by atoms with Crippen molar-refractivity contribution < 1.29 is 27.9 Å². The van der Waals surface area contributed by atoms with Crippen molar-refractivity contribution in [2.24, 2.45) is 0 Å². The van der Waals surface area contributed by atoms with E-state index < -0.39 is 7.82 Å². The summed E-state index contributed by atoms with van der Waals surface area (Å²) in [5, 5.41) is 1.85. The summed E-state index contributed by atoms with van der Waals surface area (Å²) in [4.78, 5) is 5.44. The van der Waals surface area contributed by atoms with Crippen LogP contribution in [0.15, 0.2) is 42.5 Å². The Bertz CT molecular complexity index is 807. The largest absolute Gasteiger partial charge is 0.511 e. The van der Waals surface area contributed by atoms with Crippen LogP contribution in [0, 0.1) is 0 Å². The number of hydrogen-bond acceptors (Lipinski definition) is 6. The molecule has 0 aromatic heterocycles. The van der Waals surface area contributed by atoms with Crippen molar-refractivity contribution in [1.29, 1.82) is 0 Å². The zero-order chi connectivity index (χ0) is 23.6. The molecule has 0 aliphatic rings. The summed E-state index contributed by atoms with van der Waals surface area (Å²) in [5.41, 5.74) is 0. The van der Waals surface area contributed by atoms with Crippen molar-refractivity contribution in [3.05, 3.63) is 42.5 Å². The highest BCUT2D eigenvalue weighted by atomic mass is 31.2. The van der Waals surface area contributed by atoms with Gasteiger partial charge in [-0.15, -0.1) is 0 Å². The number of hydrogen-bond donors (Lipinski definition) is 0. The Hall–Kier alpha value is -1.43. The molecule has 1 unspecified atom stereocenters. The van der Waals surface area contributed by atoms with Crippen molar-refractivity contribution in [3.63, 3.8) is 0 Å². The predicted molar refractivity (Wildman–Crippen MR) is 134 cm³/mol. The number of fused-ring (bicyclic) bond motifs is 1. The molecule has 0 bridgehead atoms. The maximum atomic E-state index is 13.1. The number of benzene rings is 2. The van der Waals surface area contributed by atoms with Crippen molar-refractivity contribution in [1.82, 2.24) is 0 Å². The number of rotatable bonds is 20. The highest BCUT2D eigenvalue weighted by molar-refractivity contribution is 7.48. The van der Waals surface area contributed by atoms with E-state index in [9.17, 15) is 4.57 Å². The lowest BCUT2D eigenvalue weighted by atomic mass is 10.1. The zero-order valence-electron chi connectivity index (χ0n) is 20.3. The second-order valence-electron chi connectivity index (χ2n) is 8.13. The minimum Gasteiger partial charge on any atom is -0.379 e. The van der Waals surface area contributed by atoms with Gasteiger partial charge >= 0.3 is 7.82 Å². The average Bonchev–Trinajstić information content (AvgIpc) is 2.84. The molecule has 2 aromatic carbocycles. The van der Waals surface area contributed by atoms with Crippen LogP contribution in [0.5, 0.6) is 5.75 Å². The fraction of sp³-hybridized carbons (Fsp3) is 0.615. The normalized spacial score (nSPS) is 13.3. The van der Waals surface area contributed by atoms with E-state index in [1.54, 1.807) is 6.07 Å². The van der Waals surface area contributed by atoms with Crippen LogP contribution in [0.3, 0.4) is 0 Å². The first-order valence-corrected chi connectivity index (χ1v) is 14.0. The third-order valence-corrected chi connectivity index (χ3v) is 6.65. The first-order chi connectivity index (χ1) is 16.2. The molecule has 2 rings (SSSR count). The molecule has 0 amide bonds. The molecule has 7 heteroatoms. The van der Waals surface area contributed by atoms with Crippen LogP contribution in [0.4, 0.5) is 0 Å². The lowest BCUT2D eigenvalue weighted by Crippen LogP contribution is -2.08. The van der Waals surface area contributed by atoms with Crippen LogP contribution in [-0.2, 0) is 23.0 Å². The molecule has 0 fully saturated rings. The summed E-state index contributed by atoms with van der Waals surface area (Å²) in [5.74, 6) is 0.462. The van der Waals surface area contributed by atoms with Gasteiger partial charge in [-0.3, -0.25) is 9.05 Å². The van der Waals surface area contributed by atoms with Gasteiger partial charge in [0.25, 0.3) is 0 Å². The standard InChI is InChI=1S/C26H41O6P/c1-3-5-6-7-8-9-10-11-12-15-21-29-33(27,30-23-22-28-4-2)32-31-26-20-16-18-24-17-13-14-19-25(24)26/h13-14,16-20H,3-12,15,21-23H2,1-2H3. The van der Waals surface area contributed by atoms with E-state index in [2.05, 4.69) is 6.92 Å². The molecule has 0 spiro atoms. The van der Waals surface area contributed by atoms with E-state index in [1.165, 1.54) is 44.9 Å². The van der Waals surface area contributed by atoms with Gasteiger partial charge in [-0.05, 0) is 24.8 Å². The van der Waals surface area contributed by atoms with Gasteiger partial charge in [0.15, 0.2) is 5.75 Å². The highest BCUT2D eigenvalue weighted by Crippen LogP contribution is 2.50. The summed E-state index contributed by atoms with van der Waals surface area (Å²) in [6.07, 6.45) is 12.1. The van der Waals surface area contributed by atoms with Crippen LogP contribution in [-0.4, -0.2) is 26.4 Å². The topological polar surface area (TPSA) is 63.2 Å². The molecule has 0 saturated carbocycles. The minimum atomic E-state index is -3.88. The second kappa shape index (κ2) is 17.1. The van der Waals surface area contributed by atoms with Gasteiger partial charge in [0.1, 0.15) is 0 Å². The van der Waals surface area contributed by atoms with E-state index in [0.717, 1.165) is 30.0 Å². The van der Waals surface area contributed by atoms with Gasteiger partial charge in [-0.2, -0.15) is 0 Å². The predicted octanol–water partition coefficient (Wildman–Crippen LogP) is 8.25. The lowest BCUT2D eigenvalue weighted by Gasteiger charge is -2.17. The Kier molecular flexibility index (Phi) is 14.4. The second-order valence-corrected chi connectivity index (χ2v) is 9.69. The highest BCUT2D eigenvalue weighted by Gasteiger charge is 2.29. The molecular formula is C26H41O6P. The van der Waals surface area contributed by atoms with E-state index in [-0.39, 0.29) is 6.61 Å². The minimum absolute atomic E-state index is 0.0993. The summed E-state index contributed by atoms with van der Waals surface area (Å²) in [6, 6.07) is 13.3. The van der Waals surface area contributed by atoms with Gasteiger partial charge in [0, 0.05) is 12.0 Å². The Labute approximate surface area is 199 Å². The van der Waals surface area contributed by atoms with Gasteiger partial charge < -0.3 is 9.62 Å². The Morgan fingerprint density at radius 1 is 0.697 bits per heavy atom. The number of ether oxygens (including phenoxy) is 1. The molecule has 0 heterocycles. The Balaban J connectivity index is 1.75. The number of phosphoric acid groups is 1. The zero-order valence-corrected chi connectivity index (χ0v) is 21.2. The average molecular weight is 481 g/mol.